The van der Waals surface area contributed by atoms with Crippen LogP contribution in [0.15, 0.2) is 0 Å². The van der Waals surface area contributed by atoms with Crippen LogP contribution in [0.1, 0.15) is 6.42 Å². The van der Waals surface area contributed by atoms with Crippen LogP contribution in [0.2, 0.25) is 0 Å². The van der Waals surface area contributed by atoms with Gasteiger partial charge in [0.15, 0.2) is 6.04 Å². The third-order valence-electron chi connectivity index (χ3n) is 1.81. The van der Waals surface area contributed by atoms with Gasteiger partial charge in [-0.25, -0.2) is 4.79 Å². The third kappa shape index (κ3) is 4.57. The number of aliphatic carboxylic acids is 4. The molecule has 0 saturated carbocycles. The van der Waals surface area contributed by atoms with Crippen molar-refractivity contribution in [3.63, 3.8) is 0 Å². The quantitative estimate of drug-likeness (QED) is 0.270. The van der Waals surface area contributed by atoms with Crippen molar-refractivity contribution in [2.75, 3.05) is 0 Å². The van der Waals surface area contributed by atoms with Gasteiger partial charge in [0, 0.05) is 0 Å². The monoisotopic (exact) mass is 262 g/mol. The van der Waals surface area contributed by atoms with Gasteiger partial charge in [-0.3, -0.25) is 25.1 Å². The summed E-state index contributed by atoms with van der Waals surface area (Å²) in [4.78, 5) is 42.1. The fraction of sp³-hybridized carbons (Fsp3) is 0.375. The molecule has 0 amide bonds. The molecule has 0 aromatic rings. The van der Waals surface area contributed by atoms with Gasteiger partial charge in [0.25, 0.3) is 0 Å². The van der Waals surface area contributed by atoms with Gasteiger partial charge in [-0.05, 0) is 0 Å². The van der Waals surface area contributed by atoms with Crippen LogP contribution in [0.4, 0.5) is 0 Å². The molecule has 0 aliphatic carbocycles. The molecule has 10 nitrogen and oxygen atoms in total. The van der Waals surface area contributed by atoms with Gasteiger partial charge < -0.3 is 20.4 Å². The molecule has 0 spiro atoms. The van der Waals surface area contributed by atoms with E-state index in [-0.39, 0.29) is 0 Å². The van der Waals surface area contributed by atoms with E-state index in [9.17, 15) is 19.2 Å². The second kappa shape index (κ2) is 6.30. The average Bonchev–Trinajstić information content (AvgIpc) is 2.21. The van der Waals surface area contributed by atoms with Crippen LogP contribution in [0.25, 0.3) is 0 Å². The highest BCUT2D eigenvalue weighted by Gasteiger charge is 2.33. The lowest BCUT2D eigenvalue weighted by atomic mass is 10.1. The van der Waals surface area contributed by atoms with Crippen molar-refractivity contribution in [1.82, 2.24) is 5.32 Å². The lowest BCUT2D eigenvalue weighted by Gasteiger charge is -2.17. The number of carbonyl (C=O) groups is 4. The first-order chi connectivity index (χ1) is 8.16. The Kier molecular flexibility index (Phi) is 5.42. The smallest absolute Gasteiger partial charge is 0.351 e. The molecule has 6 N–H and O–H groups in total. The van der Waals surface area contributed by atoms with E-state index in [0.29, 0.717) is 0 Å². The predicted octanol–water partition coefficient (Wildman–Crippen LogP) is -1.94. The SMILES string of the molecule is N=C(C(=O)O)C(NC(CC(=O)O)C(=O)O)C(=O)O. The first-order valence-corrected chi connectivity index (χ1v) is 4.42. The van der Waals surface area contributed by atoms with Crippen molar-refractivity contribution >= 4 is 29.6 Å². The molecule has 100 valence electrons. The van der Waals surface area contributed by atoms with E-state index in [1.54, 1.807) is 5.32 Å². The largest absolute Gasteiger partial charge is 0.481 e. The predicted molar refractivity (Wildman–Crippen MR) is 53.6 cm³/mol. The van der Waals surface area contributed by atoms with Gasteiger partial charge in [-0.15, -0.1) is 0 Å². The van der Waals surface area contributed by atoms with E-state index in [0.717, 1.165) is 0 Å². The summed E-state index contributed by atoms with van der Waals surface area (Å²) >= 11 is 0. The Hall–Kier alpha value is -2.49. The van der Waals surface area contributed by atoms with E-state index in [4.69, 9.17) is 25.8 Å². The number of nitrogens with one attached hydrogen (secondary N) is 2. The fourth-order valence-electron chi connectivity index (χ4n) is 0.995. The maximum absolute atomic E-state index is 10.7. The number of carboxylic acid groups (broad SMARTS) is 4. The van der Waals surface area contributed by atoms with Crippen molar-refractivity contribution in [2.45, 2.75) is 18.5 Å². The summed E-state index contributed by atoms with van der Waals surface area (Å²) in [7, 11) is 0. The molecule has 0 aromatic heterocycles. The normalized spacial score (nSPS) is 13.3. The van der Waals surface area contributed by atoms with Gasteiger partial charge in [0.1, 0.15) is 11.8 Å². The Bertz CT molecular complexity index is 404. The highest BCUT2D eigenvalue weighted by molar-refractivity contribution is 6.40. The van der Waals surface area contributed by atoms with Crippen LogP contribution < -0.4 is 5.32 Å². The zero-order valence-corrected chi connectivity index (χ0v) is 8.78. The van der Waals surface area contributed by atoms with Crippen LogP contribution in [-0.2, 0) is 19.2 Å². The van der Waals surface area contributed by atoms with Gasteiger partial charge in [-0.1, -0.05) is 0 Å². The van der Waals surface area contributed by atoms with Gasteiger partial charge >= 0.3 is 23.9 Å². The first kappa shape index (κ1) is 15.5. The second-order valence-corrected chi connectivity index (χ2v) is 3.15. The Morgan fingerprint density at radius 2 is 1.50 bits per heavy atom. The fourth-order valence-corrected chi connectivity index (χ4v) is 0.995. The standard InChI is InChI=1S/C8H10N2O8/c9-4(7(15)16)5(8(17)18)10-2(6(13)14)1-3(11)12/h2,5,9-10H,1H2,(H,11,12)(H,13,14)(H,15,16)(H,17,18). The maximum atomic E-state index is 10.7. The molecular formula is C8H10N2O8. The van der Waals surface area contributed by atoms with E-state index >= 15 is 0 Å². The van der Waals surface area contributed by atoms with Crippen molar-refractivity contribution in [3.05, 3.63) is 0 Å². The van der Waals surface area contributed by atoms with Crippen LogP contribution in [0.3, 0.4) is 0 Å². The molecule has 0 aliphatic heterocycles. The molecule has 0 saturated heterocycles. The van der Waals surface area contributed by atoms with Crippen LogP contribution in [-0.4, -0.2) is 62.1 Å². The van der Waals surface area contributed by atoms with E-state index in [1.807, 2.05) is 0 Å². The van der Waals surface area contributed by atoms with Crippen LogP contribution in [0, 0.1) is 5.41 Å². The summed E-state index contributed by atoms with van der Waals surface area (Å²) in [5, 5.41) is 42.9. The molecule has 0 radical (unpaired) electrons. The Morgan fingerprint density at radius 1 is 1.00 bits per heavy atom. The molecule has 10 heteroatoms. The van der Waals surface area contributed by atoms with Crippen molar-refractivity contribution < 1.29 is 39.6 Å². The highest BCUT2D eigenvalue weighted by atomic mass is 16.4. The topological polar surface area (TPSA) is 185 Å². The summed E-state index contributed by atoms with van der Waals surface area (Å²) < 4.78 is 0. The Labute approximate surface area is 99.4 Å². The molecule has 0 aromatic carbocycles. The van der Waals surface area contributed by atoms with E-state index in [1.165, 1.54) is 0 Å². The highest BCUT2D eigenvalue weighted by Crippen LogP contribution is 1.98. The zero-order valence-electron chi connectivity index (χ0n) is 8.78. The molecule has 0 aliphatic rings. The maximum Gasteiger partial charge on any atom is 0.351 e. The Balaban J connectivity index is 4.99. The second-order valence-electron chi connectivity index (χ2n) is 3.15. The van der Waals surface area contributed by atoms with Crippen LogP contribution >= 0.6 is 0 Å². The Morgan fingerprint density at radius 3 is 1.78 bits per heavy atom. The van der Waals surface area contributed by atoms with Gasteiger partial charge in [0.2, 0.25) is 0 Å². The first-order valence-electron chi connectivity index (χ1n) is 4.42. The van der Waals surface area contributed by atoms with Gasteiger partial charge in [-0.2, -0.15) is 0 Å². The van der Waals surface area contributed by atoms with Crippen molar-refractivity contribution in [2.24, 2.45) is 0 Å². The van der Waals surface area contributed by atoms with Crippen molar-refractivity contribution in [3.8, 4) is 0 Å². The minimum absolute atomic E-state index is 0.952. The summed E-state index contributed by atoms with van der Waals surface area (Å²) in [6, 6.07) is -3.92. The number of rotatable bonds is 8. The zero-order chi connectivity index (χ0) is 14.5. The van der Waals surface area contributed by atoms with Crippen molar-refractivity contribution in [1.29, 1.82) is 5.41 Å². The molecule has 0 rings (SSSR count). The van der Waals surface area contributed by atoms with E-state index < -0.39 is 48.1 Å². The summed E-state index contributed by atoms with van der Waals surface area (Å²) in [5.74, 6) is -6.82. The summed E-state index contributed by atoms with van der Waals surface area (Å²) in [6.45, 7) is 0. The van der Waals surface area contributed by atoms with Crippen LogP contribution in [0.5, 0.6) is 0 Å². The lowest BCUT2D eigenvalue weighted by Crippen LogP contribution is -2.53. The number of hydrogen-bond acceptors (Lipinski definition) is 6. The summed E-state index contributed by atoms with van der Waals surface area (Å²) in [6.07, 6.45) is -0.952. The minimum Gasteiger partial charge on any atom is -0.481 e. The van der Waals surface area contributed by atoms with Gasteiger partial charge in [0.05, 0.1) is 6.42 Å². The lowest BCUT2D eigenvalue weighted by molar-refractivity contribution is -0.147. The van der Waals surface area contributed by atoms with E-state index in [2.05, 4.69) is 0 Å². The number of hydrogen-bond donors (Lipinski definition) is 6. The molecule has 2 unspecified atom stereocenters. The molecule has 0 fully saturated rings. The molecule has 0 heterocycles. The molecular weight excluding hydrogens is 252 g/mol. The number of carboxylic acids is 4. The third-order valence-corrected chi connectivity index (χ3v) is 1.81. The minimum atomic E-state index is -2.11. The molecule has 2 atom stereocenters. The average molecular weight is 262 g/mol. The molecule has 18 heavy (non-hydrogen) atoms. The molecule has 0 bridgehead atoms. The summed E-state index contributed by atoms with van der Waals surface area (Å²) in [5.41, 5.74) is -1.29.